The molecule has 0 fully saturated rings. The third kappa shape index (κ3) is 4.80. The summed E-state index contributed by atoms with van der Waals surface area (Å²) in [7, 11) is 2.49. The summed E-state index contributed by atoms with van der Waals surface area (Å²) in [6, 6.07) is 9.24. The van der Waals surface area contributed by atoms with Gasteiger partial charge >= 0.3 is 11.9 Å². The second kappa shape index (κ2) is 8.78. The van der Waals surface area contributed by atoms with Gasteiger partial charge in [0.1, 0.15) is 22.8 Å². The van der Waals surface area contributed by atoms with Crippen molar-refractivity contribution in [1.29, 1.82) is 0 Å². The maximum atomic E-state index is 11.9. The zero-order chi connectivity index (χ0) is 19.3. The van der Waals surface area contributed by atoms with Gasteiger partial charge in [0.25, 0.3) is 0 Å². The predicted octanol–water partition coefficient (Wildman–Crippen LogP) is 4.51. The minimum atomic E-state index is -0.933. The van der Waals surface area contributed by atoms with E-state index >= 15 is 0 Å². The molecule has 0 aliphatic carbocycles. The zero-order valence-electron chi connectivity index (χ0n) is 14.2. The molecule has 0 saturated carbocycles. The third-order valence-electron chi connectivity index (χ3n) is 3.32. The molecule has 0 radical (unpaired) electrons. The van der Waals surface area contributed by atoms with E-state index in [0.29, 0.717) is 21.5 Å². The van der Waals surface area contributed by atoms with Gasteiger partial charge in [0.2, 0.25) is 0 Å². The van der Waals surface area contributed by atoms with Crippen molar-refractivity contribution in [2.24, 2.45) is 0 Å². The SMILES string of the molecule is COC(=O)c1ccc(Oc2ccc(Cl)cc2Cl)cc1OC(C)C(=O)OC. The molecule has 0 amide bonds. The summed E-state index contributed by atoms with van der Waals surface area (Å²) in [5.74, 6) is -0.388. The topological polar surface area (TPSA) is 71.1 Å². The molecule has 0 heterocycles. The average Bonchev–Trinajstić information content (AvgIpc) is 2.62. The van der Waals surface area contributed by atoms with Gasteiger partial charge in [-0.2, -0.15) is 0 Å². The Morgan fingerprint density at radius 2 is 1.69 bits per heavy atom. The minimum Gasteiger partial charge on any atom is -0.478 e. The first kappa shape index (κ1) is 19.9. The standard InChI is InChI=1S/C18H16Cl2O6/c1-10(17(21)23-2)25-16-9-12(5-6-13(16)18(22)24-3)26-15-7-4-11(19)8-14(15)20/h4-10H,1-3H3. The van der Waals surface area contributed by atoms with Crippen LogP contribution in [0.1, 0.15) is 17.3 Å². The Morgan fingerprint density at radius 3 is 2.31 bits per heavy atom. The number of ether oxygens (including phenoxy) is 4. The summed E-state index contributed by atoms with van der Waals surface area (Å²) in [5.41, 5.74) is 0.137. The van der Waals surface area contributed by atoms with E-state index < -0.39 is 18.0 Å². The number of esters is 2. The van der Waals surface area contributed by atoms with E-state index in [1.54, 1.807) is 18.2 Å². The lowest BCUT2D eigenvalue weighted by Crippen LogP contribution is -2.25. The van der Waals surface area contributed by atoms with E-state index in [0.717, 1.165) is 0 Å². The molecule has 138 valence electrons. The Balaban J connectivity index is 2.35. The van der Waals surface area contributed by atoms with Crippen LogP contribution in [0.3, 0.4) is 0 Å². The molecule has 6 nitrogen and oxygen atoms in total. The second-order valence-electron chi connectivity index (χ2n) is 5.11. The molecule has 0 saturated heterocycles. The lowest BCUT2D eigenvalue weighted by atomic mass is 10.2. The number of carbonyl (C=O) groups excluding carboxylic acids is 2. The highest BCUT2D eigenvalue weighted by atomic mass is 35.5. The van der Waals surface area contributed by atoms with E-state index in [1.165, 1.54) is 39.3 Å². The molecule has 1 atom stereocenters. The second-order valence-corrected chi connectivity index (χ2v) is 5.95. The van der Waals surface area contributed by atoms with Gasteiger partial charge < -0.3 is 18.9 Å². The Labute approximate surface area is 160 Å². The summed E-state index contributed by atoms with van der Waals surface area (Å²) in [4.78, 5) is 23.5. The van der Waals surface area contributed by atoms with Crippen LogP contribution in [0.5, 0.6) is 17.2 Å². The van der Waals surface area contributed by atoms with E-state index in [2.05, 4.69) is 4.74 Å². The van der Waals surface area contributed by atoms with Crippen LogP contribution < -0.4 is 9.47 Å². The molecule has 2 aromatic carbocycles. The highest BCUT2D eigenvalue weighted by Crippen LogP contribution is 2.34. The van der Waals surface area contributed by atoms with Crippen molar-refractivity contribution in [2.45, 2.75) is 13.0 Å². The molecule has 26 heavy (non-hydrogen) atoms. The summed E-state index contributed by atoms with van der Waals surface area (Å²) in [6.07, 6.45) is -0.933. The summed E-state index contributed by atoms with van der Waals surface area (Å²) < 4.78 is 20.6. The Kier molecular flexibility index (Phi) is 6.71. The molecule has 0 N–H and O–H groups in total. The first-order valence-corrected chi connectivity index (χ1v) is 8.21. The fraction of sp³-hybridized carbons (Fsp3) is 0.222. The average molecular weight is 399 g/mol. The van der Waals surface area contributed by atoms with Crippen LogP contribution >= 0.6 is 23.2 Å². The van der Waals surface area contributed by atoms with Crippen LogP contribution in [0.2, 0.25) is 10.0 Å². The third-order valence-corrected chi connectivity index (χ3v) is 3.85. The normalized spacial score (nSPS) is 11.4. The lowest BCUT2D eigenvalue weighted by molar-refractivity contribution is -0.147. The molecule has 0 spiro atoms. The van der Waals surface area contributed by atoms with Gasteiger partial charge in [0.15, 0.2) is 6.10 Å². The minimum absolute atomic E-state index is 0.109. The number of benzene rings is 2. The summed E-state index contributed by atoms with van der Waals surface area (Å²) in [5, 5.41) is 0.791. The van der Waals surface area contributed by atoms with Crippen LogP contribution in [0.25, 0.3) is 0 Å². The molecular weight excluding hydrogens is 383 g/mol. The number of hydrogen-bond donors (Lipinski definition) is 0. The maximum absolute atomic E-state index is 11.9. The van der Waals surface area contributed by atoms with E-state index in [-0.39, 0.29) is 11.3 Å². The van der Waals surface area contributed by atoms with Crippen molar-refractivity contribution >= 4 is 35.1 Å². The Hall–Kier alpha value is -2.44. The molecule has 0 aliphatic heterocycles. The number of halogens is 2. The molecule has 2 aromatic rings. The van der Waals surface area contributed by atoms with E-state index in [4.69, 9.17) is 37.4 Å². The number of hydrogen-bond acceptors (Lipinski definition) is 6. The van der Waals surface area contributed by atoms with Crippen molar-refractivity contribution in [1.82, 2.24) is 0 Å². The van der Waals surface area contributed by atoms with Gasteiger partial charge in [-0.15, -0.1) is 0 Å². The van der Waals surface area contributed by atoms with E-state index in [9.17, 15) is 9.59 Å². The van der Waals surface area contributed by atoms with Crippen LogP contribution in [0, 0.1) is 0 Å². The fourth-order valence-corrected chi connectivity index (χ4v) is 2.48. The van der Waals surface area contributed by atoms with Crippen molar-refractivity contribution in [3.8, 4) is 17.2 Å². The van der Waals surface area contributed by atoms with Gasteiger partial charge in [0, 0.05) is 11.1 Å². The van der Waals surface area contributed by atoms with Crippen molar-refractivity contribution in [2.75, 3.05) is 14.2 Å². The van der Waals surface area contributed by atoms with Gasteiger partial charge in [-0.25, -0.2) is 9.59 Å². The summed E-state index contributed by atoms with van der Waals surface area (Å²) in [6.45, 7) is 1.50. The number of methoxy groups -OCH3 is 2. The number of carbonyl (C=O) groups is 2. The molecule has 1 unspecified atom stereocenters. The number of rotatable bonds is 6. The van der Waals surface area contributed by atoms with Crippen molar-refractivity contribution in [3.63, 3.8) is 0 Å². The quantitative estimate of drug-likeness (QED) is 0.666. The Bertz CT molecular complexity index is 821. The monoisotopic (exact) mass is 398 g/mol. The van der Waals surface area contributed by atoms with Crippen LogP contribution in [0.15, 0.2) is 36.4 Å². The molecule has 2 rings (SSSR count). The smallest absolute Gasteiger partial charge is 0.346 e. The van der Waals surface area contributed by atoms with Crippen LogP contribution in [-0.4, -0.2) is 32.3 Å². The fourth-order valence-electron chi connectivity index (χ4n) is 2.03. The van der Waals surface area contributed by atoms with Gasteiger partial charge in [-0.05, 0) is 37.3 Å². The van der Waals surface area contributed by atoms with Crippen LogP contribution in [-0.2, 0) is 14.3 Å². The first-order chi connectivity index (χ1) is 12.3. The molecule has 0 aromatic heterocycles. The zero-order valence-corrected chi connectivity index (χ0v) is 15.8. The molecule has 0 bridgehead atoms. The highest BCUT2D eigenvalue weighted by molar-refractivity contribution is 6.35. The van der Waals surface area contributed by atoms with E-state index in [1.807, 2.05) is 0 Å². The molecule has 8 heteroatoms. The van der Waals surface area contributed by atoms with Crippen molar-refractivity contribution < 1.29 is 28.5 Å². The van der Waals surface area contributed by atoms with Gasteiger partial charge in [-0.1, -0.05) is 23.2 Å². The lowest BCUT2D eigenvalue weighted by Gasteiger charge is -2.16. The first-order valence-electron chi connectivity index (χ1n) is 7.45. The van der Waals surface area contributed by atoms with Gasteiger partial charge in [-0.3, -0.25) is 0 Å². The predicted molar refractivity (Wildman–Crippen MR) is 96.4 cm³/mol. The molecule has 0 aliphatic rings. The largest absolute Gasteiger partial charge is 0.478 e. The highest BCUT2D eigenvalue weighted by Gasteiger charge is 2.21. The van der Waals surface area contributed by atoms with Crippen LogP contribution in [0.4, 0.5) is 0 Å². The summed E-state index contributed by atoms with van der Waals surface area (Å²) >= 11 is 12.0. The molecular formula is C18H16Cl2O6. The maximum Gasteiger partial charge on any atom is 0.346 e. The Morgan fingerprint density at radius 1 is 0.962 bits per heavy atom. The van der Waals surface area contributed by atoms with Crippen molar-refractivity contribution in [3.05, 3.63) is 52.0 Å². The van der Waals surface area contributed by atoms with Gasteiger partial charge in [0.05, 0.1) is 19.2 Å².